The molecule has 1 aromatic carbocycles. The zero-order valence-electron chi connectivity index (χ0n) is 15.5. The summed E-state index contributed by atoms with van der Waals surface area (Å²) in [5.41, 5.74) is 2.14. The molecule has 24 heavy (non-hydrogen) atoms. The molecule has 0 amide bonds. The smallest absolute Gasteiger partial charge is 0.227 e. The van der Waals surface area contributed by atoms with Gasteiger partial charge in [-0.1, -0.05) is 44.2 Å². The third kappa shape index (κ3) is 4.47. The molecule has 0 saturated heterocycles. The summed E-state index contributed by atoms with van der Waals surface area (Å²) >= 11 is 0. The van der Waals surface area contributed by atoms with Gasteiger partial charge in [-0.15, -0.1) is 0 Å². The first kappa shape index (κ1) is 18.2. The lowest BCUT2D eigenvalue weighted by Gasteiger charge is -2.25. The minimum Gasteiger partial charge on any atom is -0.357 e. The summed E-state index contributed by atoms with van der Waals surface area (Å²) in [5, 5.41) is 0. The van der Waals surface area contributed by atoms with Crippen LogP contribution in [0.15, 0.2) is 36.4 Å². The Balaban J connectivity index is 2.50. The van der Waals surface area contributed by atoms with Crippen LogP contribution in [-0.2, 0) is 0 Å². The number of hydrogen-bond acceptors (Lipinski definition) is 4. The summed E-state index contributed by atoms with van der Waals surface area (Å²) in [7, 11) is 0. The van der Waals surface area contributed by atoms with Crippen molar-refractivity contribution in [1.29, 1.82) is 0 Å². The second-order valence-corrected chi connectivity index (χ2v) is 5.94. The van der Waals surface area contributed by atoms with Crippen LogP contribution in [0.3, 0.4) is 0 Å². The monoisotopic (exact) mass is 326 g/mol. The Morgan fingerprint density at radius 2 is 1.42 bits per heavy atom. The van der Waals surface area contributed by atoms with Crippen molar-refractivity contribution in [2.45, 2.75) is 40.5 Å². The van der Waals surface area contributed by atoms with Gasteiger partial charge in [-0.2, -0.15) is 4.98 Å². The predicted octanol–water partition coefficient (Wildman–Crippen LogP) is 4.62. The maximum Gasteiger partial charge on any atom is 0.227 e. The maximum atomic E-state index is 4.88. The SMILES string of the molecule is CCCN(CCC)c1nc(-c2ccccc2)cc(N(CC)CC)n1. The molecule has 0 spiro atoms. The zero-order chi connectivity index (χ0) is 17.4. The van der Waals surface area contributed by atoms with Crippen LogP contribution in [0.25, 0.3) is 11.3 Å². The second-order valence-electron chi connectivity index (χ2n) is 5.94. The van der Waals surface area contributed by atoms with E-state index in [0.717, 1.165) is 62.0 Å². The van der Waals surface area contributed by atoms with Crippen molar-refractivity contribution >= 4 is 11.8 Å². The van der Waals surface area contributed by atoms with Crippen molar-refractivity contribution < 1.29 is 0 Å². The molecule has 0 unspecified atom stereocenters. The van der Waals surface area contributed by atoms with Gasteiger partial charge in [0.2, 0.25) is 5.95 Å². The Morgan fingerprint density at radius 3 is 1.96 bits per heavy atom. The summed E-state index contributed by atoms with van der Waals surface area (Å²) < 4.78 is 0. The fourth-order valence-corrected chi connectivity index (χ4v) is 2.88. The number of anilines is 2. The van der Waals surface area contributed by atoms with E-state index in [-0.39, 0.29) is 0 Å². The van der Waals surface area contributed by atoms with Crippen LogP contribution in [0.2, 0.25) is 0 Å². The van der Waals surface area contributed by atoms with Gasteiger partial charge < -0.3 is 9.80 Å². The number of benzene rings is 1. The molecule has 2 rings (SSSR count). The number of nitrogens with zero attached hydrogens (tertiary/aromatic N) is 4. The van der Waals surface area contributed by atoms with Crippen LogP contribution in [-0.4, -0.2) is 36.1 Å². The molecule has 0 fully saturated rings. The van der Waals surface area contributed by atoms with E-state index in [0.29, 0.717) is 0 Å². The Bertz CT molecular complexity index is 602. The lowest BCUT2D eigenvalue weighted by molar-refractivity contribution is 0.718. The van der Waals surface area contributed by atoms with Crippen molar-refractivity contribution in [2.75, 3.05) is 36.0 Å². The lowest BCUT2D eigenvalue weighted by atomic mass is 10.1. The van der Waals surface area contributed by atoms with Crippen LogP contribution in [0.1, 0.15) is 40.5 Å². The van der Waals surface area contributed by atoms with E-state index in [2.05, 4.69) is 67.8 Å². The van der Waals surface area contributed by atoms with Gasteiger partial charge in [0.05, 0.1) is 5.69 Å². The Labute approximate surface area is 146 Å². The fraction of sp³-hybridized carbons (Fsp3) is 0.500. The summed E-state index contributed by atoms with van der Waals surface area (Å²) in [5.74, 6) is 1.86. The van der Waals surface area contributed by atoms with Gasteiger partial charge in [0.25, 0.3) is 0 Å². The molecule has 0 saturated carbocycles. The number of aromatic nitrogens is 2. The summed E-state index contributed by atoms with van der Waals surface area (Å²) in [6.07, 6.45) is 2.19. The fourth-order valence-electron chi connectivity index (χ4n) is 2.88. The summed E-state index contributed by atoms with van der Waals surface area (Å²) in [6.45, 7) is 12.6. The molecule has 1 heterocycles. The van der Waals surface area contributed by atoms with E-state index in [1.807, 2.05) is 6.07 Å². The Kier molecular flexibility index (Phi) is 7.04. The quantitative estimate of drug-likeness (QED) is 0.673. The molecule has 0 atom stereocenters. The van der Waals surface area contributed by atoms with Crippen LogP contribution < -0.4 is 9.80 Å². The normalized spacial score (nSPS) is 10.7. The van der Waals surface area contributed by atoms with Gasteiger partial charge in [0, 0.05) is 37.8 Å². The number of rotatable bonds is 9. The molecule has 130 valence electrons. The van der Waals surface area contributed by atoms with Crippen molar-refractivity contribution in [1.82, 2.24) is 9.97 Å². The van der Waals surface area contributed by atoms with E-state index >= 15 is 0 Å². The maximum absolute atomic E-state index is 4.88. The van der Waals surface area contributed by atoms with Crippen molar-refractivity contribution in [3.8, 4) is 11.3 Å². The molecule has 2 aromatic rings. The number of hydrogen-bond donors (Lipinski definition) is 0. The molecule has 0 bridgehead atoms. The Morgan fingerprint density at radius 1 is 0.792 bits per heavy atom. The van der Waals surface area contributed by atoms with E-state index in [1.165, 1.54) is 0 Å². The van der Waals surface area contributed by atoms with E-state index < -0.39 is 0 Å². The molecule has 4 heteroatoms. The standard InChI is InChI=1S/C20H30N4/c1-5-14-24(15-6-2)20-21-18(17-12-10-9-11-13-17)16-19(22-20)23(7-3)8-4/h9-13,16H,5-8,14-15H2,1-4H3. The average Bonchev–Trinajstić information content (AvgIpc) is 2.63. The molecule has 4 nitrogen and oxygen atoms in total. The third-order valence-electron chi connectivity index (χ3n) is 4.13. The zero-order valence-corrected chi connectivity index (χ0v) is 15.5. The van der Waals surface area contributed by atoms with Gasteiger partial charge in [-0.3, -0.25) is 0 Å². The first-order valence-corrected chi connectivity index (χ1v) is 9.17. The van der Waals surface area contributed by atoms with Crippen LogP contribution >= 0.6 is 0 Å². The highest BCUT2D eigenvalue weighted by atomic mass is 15.3. The third-order valence-corrected chi connectivity index (χ3v) is 4.13. The lowest BCUT2D eigenvalue weighted by Crippen LogP contribution is -2.29. The highest BCUT2D eigenvalue weighted by molar-refractivity contribution is 5.65. The molecule has 0 aliphatic heterocycles. The first-order valence-electron chi connectivity index (χ1n) is 9.17. The molecule has 0 N–H and O–H groups in total. The molecular formula is C20H30N4. The largest absolute Gasteiger partial charge is 0.357 e. The average molecular weight is 326 g/mol. The minimum atomic E-state index is 0.849. The van der Waals surface area contributed by atoms with Crippen molar-refractivity contribution in [2.24, 2.45) is 0 Å². The summed E-state index contributed by atoms with van der Waals surface area (Å²) in [6, 6.07) is 12.5. The van der Waals surface area contributed by atoms with Gasteiger partial charge in [0.15, 0.2) is 0 Å². The topological polar surface area (TPSA) is 32.3 Å². The minimum absolute atomic E-state index is 0.849. The highest BCUT2D eigenvalue weighted by Crippen LogP contribution is 2.25. The van der Waals surface area contributed by atoms with Gasteiger partial charge in [0.1, 0.15) is 5.82 Å². The predicted molar refractivity (Wildman–Crippen MR) is 104 cm³/mol. The van der Waals surface area contributed by atoms with Crippen LogP contribution in [0, 0.1) is 0 Å². The molecule has 0 radical (unpaired) electrons. The highest BCUT2D eigenvalue weighted by Gasteiger charge is 2.14. The van der Waals surface area contributed by atoms with Crippen molar-refractivity contribution in [3.63, 3.8) is 0 Å². The Hall–Kier alpha value is -2.10. The van der Waals surface area contributed by atoms with Crippen molar-refractivity contribution in [3.05, 3.63) is 36.4 Å². The second kappa shape index (κ2) is 9.26. The molecule has 1 aromatic heterocycles. The molecule has 0 aliphatic carbocycles. The van der Waals surface area contributed by atoms with Crippen LogP contribution in [0.4, 0.5) is 11.8 Å². The van der Waals surface area contributed by atoms with Gasteiger partial charge >= 0.3 is 0 Å². The van der Waals surface area contributed by atoms with Gasteiger partial charge in [-0.25, -0.2) is 4.98 Å². The molecular weight excluding hydrogens is 296 g/mol. The van der Waals surface area contributed by atoms with E-state index in [4.69, 9.17) is 9.97 Å². The van der Waals surface area contributed by atoms with E-state index in [1.54, 1.807) is 0 Å². The van der Waals surface area contributed by atoms with E-state index in [9.17, 15) is 0 Å². The molecule has 0 aliphatic rings. The van der Waals surface area contributed by atoms with Crippen LogP contribution in [0.5, 0.6) is 0 Å². The van der Waals surface area contributed by atoms with Gasteiger partial charge in [-0.05, 0) is 26.7 Å². The first-order chi connectivity index (χ1) is 11.7. The summed E-state index contributed by atoms with van der Waals surface area (Å²) in [4.78, 5) is 14.3.